The molecule has 0 radical (unpaired) electrons. The van der Waals surface area contributed by atoms with E-state index in [9.17, 15) is 4.79 Å². The number of halogens is 1. The van der Waals surface area contributed by atoms with Crippen LogP contribution < -0.4 is 5.32 Å². The Morgan fingerprint density at radius 2 is 1.74 bits per heavy atom. The molecule has 1 unspecified atom stereocenters. The van der Waals surface area contributed by atoms with E-state index in [0.717, 1.165) is 16.7 Å². The summed E-state index contributed by atoms with van der Waals surface area (Å²) < 4.78 is 0. The molecular weight excluding hydrogens is 302 g/mol. The molecule has 0 saturated heterocycles. The van der Waals surface area contributed by atoms with Gasteiger partial charge in [-0.15, -0.1) is 0 Å². The second-order valence-electron chi connectivity index (χ2n) is 4.41. The molecule has 0 fully saturated rings. The lowest BCUT2D eigenvalue weighted by atomic mass is 10.1. The molecule has 2 aromatic carbocycles. The molecule has 0 aliphatic rings. The summed E-state index contributed by atoms with van der Waals surface area (Å²) in [5, 5.41) is 3.74. The number of benzene rings is 2. The van der Waals surface area contributed by atoms with Crippen molar-refractivity contribution in [3.05, 3.63) is 71.3 Å². The zero-order valence-corrected chi connectivity index (χ0v) is 12.4. The van der Waals surface area contributed by atoms with E-state index in [2.05, 4.69) is 21.2 Å². The fraction of sp³-hybridized carbons (Fsp3) is 0.188. The molecule has 3 heteroatoms. The van der Waals surface area contributed by atoms with E-state index < -0.39 is 0 Å². The third-order valence-electron chi connectivity index (χ3n) is 3.05. The van der Waals surface area contributed by atoms with Crippen LogP contribution in [0, 0.1) is 6.92 Å². The van der Waals surface area contributed by atoms with Gasteiger partial charge in [-0.25, -0.2) is 0 Å². The molecule has 2 rings (SSSR count). The van der Waals surface area contributed by atoms with Crippen LogP contribution in [0.25, 0.3) is 0 Å². The monoisotopic (exact) mass is 317 g/mol. The van der Waals surface area contributed by atoms with Crippen molar-refractivity contribution in [3.8, 4) is 0 Å². The first kappa shape index (κ1) is 13.8. The van der Waals surface area contributed by atoms with Gasteiger partial charge in [-0.2, -0.15) is 0 Å². The molecule has 2 nitrogen and oxygen atoms in total. The van der Waals surface area contributed by atoms with Crippen molar-refractivity contribution in [2.75, 3.05) is 5.33 Å². The van der Waals surface area contributed by atoms with Crippen molar-refractivity contribution in [1.82, 2.24) is 5.32 Å². The molecule has 0 saturated carbocycles. The van der Waals surface area contributed by atoms with Crippen LogP contribution in [0.3, 0.4) is 0 Å². The molecule has 1 atom stereocenters. The highest BCUT2D eigenvalue weighted by Gasteiger charge is 2.15. The van der Waals surface area contributed by atoms with Crippen molar-refractivity contribution in [2.24, 2.45) is 0 Å². The molecule has 19 heavy (non-hydrogen) atoms. The topological polar surface area (TPSA) is 29.1 Å². The third-order valence-corrected chi connectivity index (χ3v) is 3.70. The Morgan fingerprint density at radius 1 is 1.11 bits per heavy atom. The largest absolute Gasteiger partial charge is 0.344 e. The summed E-state index contributed by atoms with van der Waals surface area (Å²) in [5.74, 6) is -0.0357. The SMILES string of the molecule is Cc1ccccc1C(=O)NC(CBr)c1ccccc1. The Labute approximate surface area is 122 Å². The van der Waals surface area contributed by atoms with Gasteiger partial charge in [0.1, 0.15) is 0 Å². The van der Waals surface area contributed by atoms with Gasteiger partial charge < -0.3 is 5.32 Å². The maximum Gasteiger partial charge on any atom is 0.252 e. The van der Waals surface area contributed by atoms with E-state index >= 15 is 0 Å². The number of carbonyl (C=O) groups is 1. The van der Waals surface area contributed by atoms with E-state index in [1.165, 1.54) is 0 Å². The van der Waals surface area contributed by atoms with Crippen LogP contribution in [0.4, 0.5) is 0 Å². The predicted octanol–water partition coefficient (Wildman–Crippen LogP) is 3.86. The molecule has 98 valence electrons. The van der Waals surface area contributed by atoms with Crippen molar-refractivity contribution < 1.29 is 4.79 Å². The number of hydrogen-bond acceptors (Lipinski definition) is 1. The van der Waals surface area contributed by atoms with Crippen molar-refractivity contribution in [3.63, 3.8) is 0 Å². The van der Waals surface area contributed by atoms with Gasteiger partial charge in [0, 0.05) is 10.9 Å². The minimum atomic E-state index is -0.0357. The maximum absolute atomic E-state index is 12.3. The highest BCUT2D eigenvalue weighted by atomic mass is 79.9. The van der Waals surface area contributed by atoms with Crippen LogP contribution >= 0.6 is 15.9 Å². The molecule has 0 aromatic heterocycles. The number of rotatable bonds is 4. The summed E-state index contributed by atoms with van der Waals surface area (Å²) in [6.45, 7) is 1.95. The first-order valence-electron chi connectivity index (χ1n) is 6.20. The van der Waals surface area contributed by atoms with Gasteiger partial charge in [0.2, 0.25) is 0 Å². The number of amides is 1. The fourth-order valence-electron chi connectivity index (χ4n) is 1.96. The van der Waals surface area contributed by atoms with E-state index in [4.69, 9.17) is 0 Å². The summed E-state index contributed by atoms with van der Waals surface area (Å²) in [5.41, 5.74) is 2.81. The molecule has 0 bridgehead atoms. The maximum atomic E-state index is 12.3. The second-order valence-corrected chi connectivity index (χ2v) is 5.05. The number of alkyl halides is 1. The highest BCUT2D eigenvalue weighted by Crippen LogP contribution is 2.16. The Kier molecular flexibility index (Phi) is 4.74. The van der Waals surface area contributed by atoms with E-state index in [-0.39, 0.29) is 11.9 Å². The van der Waals surface area contributed by atoms with Gasteiger partial charge in [0.25, 0.3) is 5.91 Å². The fourth-order valence-corrected chi connectivity index (χ4v) is 2.50. The van der Waals surface area contributed by atoms with Gasteiger partial charge in [-0.1, -0.05) is 64.5 Å². The number of carbonyl (C=O) groups excluding carboxylic acids is 1. The first-order valence-corrected chi connectivity index (χ1v) is 7.32. The normalized spacial score (nSPS) is 11.9. The van der Waals surface area contributed by atoms with E-state index in [0.29, 0.717) is 5.33 Å². The van der Waals surface area contributed by atoms with E-state index in [1.54, 1.807) is 0 Å². The van der Waals surface area contributed by atoms with Crippen molar-refractivity contribution >= 4 is 21.8 Å². The molecule has 1 N–H and O–H groups in total. The van der Waals surface area contributed by atoms with Crippen LogP contribution in [0.2, 0.25) is 0 Å². The van der Waals surface area contributed by atoms with Crippen LogP contribution in [-0.2, 0) is 0 Å². The van der Waals surface area contributed by atoms with Gasteiger partial charge in [-0.3, -0.25) is 4.79 Å². The Morgan fingerprint density at radius 3 is 2.37 bits per heavy atom. The van der Waals surface area contributed by atoms with Crippen molar-refractivity contribution in [2.45, 2.75) is 13.0 Å². The summed E-state index contributed by atoms with van der Waals surface area (Å²) >= 11 is 3.46. The second kappa shape index (κ2) is 6.53. The molecule has 1 amide bonds. The average molecular weight is 318 g/mol. The molecule has 0 spiro atoms. The molecule has 0 aliphatic heterocycles. The summed E-state index contributed by atoms with van der Waals surface area (Å²) in [6.07, 6.45) is 0. The minimum Gasteiger partial charge on any atom is -0.344 e. The summed E-state index contributed by atoms with van der Waals surface area (Å²) in [7, 11) is 0. The lowest BCUT2D eigenvalue weighted by Crippen LogP contribution is -2.29. The number of aryl methyl sites for hydroxylation is 1. The zero-order valence-electron chi connectivity index (χ0n) is 10.8. The molecule has 0 heterocycles. The highest BCUT2D eigenvalue weighted by molar-refractivity contribution is 9.09. The van der Waals surface area contributed by atoms with Gasteiger partial charge in [-0.05, 0) is 24.1 Å². The Bertz CT molecular complexity index is 554. The molecule has 0 aliphatic carbocycles. The van der Waals surface area contributed by atoms with Crippen LogP contribution in [-0.4, -0.2) is 11.2 Å². The molecular formula is C16H16BrNO. The summed E-state index contributed by atoms with van der Waals surface area (Å²) in [6, 6.07) is 17.6. The van der Waals surface area contributed by atoms with Gasteiger partial charge >= 0.3 is 0 Å². The number of nitrogens with one attached hydrogen (secondary N) is 1. The van der Waals surface area contributed by atoms with E-state index in [1.807, 2.05) is 61.5 Å². The first-order chi connectivity index (χ1) is 9.22. The van der Waals surface area contributed by atoms with Gasteiger partial charge in [0.05, 0.1) is 6.04 Å². The Hall–Kier alpha value is -1.61. The van der Waals surface area contributed by atoms with Crippen LogP contribution in [0.5, 0.6) is 0 Å². The Balaban J connectivity index is 2.16. The summed E-state index contributed by atoms with van der Waals surface area (Å²) in [4.78, 5) is 12.3. The van der Waals surface area contributed by atoms with Crippen molar-refractivity contribution in [1.29, 1.82) is 0 Å². The standard InChI is InChI=1S/C16H16BrNO/c1-12-7-5-6-10-14(12)16(19)18-15(11-17)13-8-3-2-4-9-13/h2-10,15H,11H2,1H3,(H,18,19). The smallest absolute Gasteiger partial charge is 0.252 e. The lowest BCUT2D eigenvalue weighted by molar-refractivity contribution is 0.0940. The van der Waals surface area contributed by atoms with Gasteiger partial charge in [0.15, 0.2) is 0 Å². The third kappa shape index (κ3) is 3.44. The average Bonchev–Trinajstić information content (AvgIpc) is 2.46. The van der Waals surface area contributed by atoms with Crippen LogP contribution in [0.15, 0.2) is 54.6 Å². The predicted molar refractivity (Wildman–Crippen MR) is 81.6 cm³/mol. The lowest BCUT2D eigenvalue weighted by Gasteiger charge is -2.17. The quantitative estimate of drug-likeness (QED) is 0.852. The molecule has 2 aromatic rings. The minimum absolute atomic E-state index is 0.0201. The van der Waals surface area contributed by atoms with Crippen LogP contribution in [0.1, 0.15) is 27.5 Å². The number of hydrogen-bond donors (Lipinski definition) is 1. The zero-order chi connectivity index (χ0) is 13.7.